The van der Waals surface area contributed by atoms with Crippen LogP contribution in [0, 0.1) is 0 Å². The molecule has 0 aromatic carbocycles. The topological polar surface area (TPSA) is 402 Å². The van der Waals surface area contributed by atoms with Crippen molar-refractivity contribution in [1.29, 1.82) is 0 Å². The van der Waals surface area contributed by atoms with Gasteiger partial charge in [0, 0.05) is 0 Å². The van der Waals surface area contributed by atoms with Gasteiger partial charge in [-0.15, -0.1) is 0 Å². The van der Waals surface area contributed by atoms with Crippen LogP contribution in [0.3, 0.4) is 0 Å². The van der Waals surface area contributed by atoms with E-state index in [0.29, 0.717) is 0 Å². The molecule has 0 heterocycles. The predicted molar refractivity (Wildman–Crippen MR) is 127 cm³/mol. The van der Waals surface area contributed by atoms with Crippen molar-refractivity contribution >= 4 is 47.8 Å². The molecule has 20 nitrogen and oxygen atoms in total. The standard InChI is InChI=1S/2C10H16N2O8.Na.H/c2*11-9(1-5(13)14,2-6(15)16)10(12,3-7(17)18)4-8(19)20;;/h2*1-4,11-12H2,(H,13,14)(H,15,16)(H,17,18)(H,19,20);;/q;;+1;-1. The largest absolute Gasteiger partial charge is 1.00 e. The van der Waals surface area contributed by atoms with Gasteiger partial charge < -0.3 is 65.2 Å². The minimum atomic E-state index is -2.22. The molecule has 0 unspecified atom stereocenters. The molecule has 0 aromatic heterocycles. The second kappa shape index (κ2) is 16.8. The first-order valence-corrected chi connectivity index (χ1v) is 10.7. The summed E-state index contributed by atoms with van der Waals surface area (Å²) in [5.41, 5.74) is 13.8. The molecule has 230 valence electrons. The second-order valence-electron chi connectivity index (χ2n) is 9.19. The zero-order chi connectivity index (χ0) is 32.3. The summed E-state index contributed by atoms with van der Waals surface area (Å²) in [6, 6.07) is 0. The van der Waals surface area contributed by atoms with Crippen molar-refractivity contribution in [2.45, 2.75) is 73.5 Å². The Hall–Kier alpha value is -3.40. The summed E-state index contributed by atoms with van der Waals surface area (Å²) < 4.78 is 0. The Labute approximate surface area is 254 Å². The Balaban J connectivity index is -0.000000328. The van der Waals surface area contributed by atoms with Gasteiger partial charge in [-0.1, -0.05) is 0 Å². The van der Waals surface area contributed by atoms with Gasteiger partial charge in [0.15, 0.2) is 0 Å². The first-order chi connectivity index (χ1) is 17.8. The van der Waals surface area contributed by atoms with Gasteiger partial charge in [-0.2, -0.15) is 0 Å². The fourth-order valence-electron chi connectivity index (χ4n) is 3.82. The summed E-state index contributed by atoms with van der Waals surface area (Å²) in [5, 5.41) is 70.2. The normalized spacial score (nSPS) is 11.6. The summed E-state index contributed by atoms with van der Waals surface area (Å²) in [6.45, 7) is 0. The second-order valence-corrected chi connectivity index (χ2v) is 9.19. The van der Waals surface area contributed by atoms with Crippen LogP contribution in [-0.4, -0.2) is 111 Å². The van der Waals surface area contributed by atoms with E-state index in [-0.39, 0.29) is 31.0 Å². The monoisotopic (exact) mass is 608 g/mol. The molecule has 0 fully saturated rings. The number of nitrogens with two attached hydrogens (primary N) is 4. The van der Waals surface area contributed by atoms with Crippen molar-refractivity contribution in [3.63, 3.8) is 0 Å². The average Bonchev–Trinajstić information content (AvgIpc) is 2.62. The van der Waals surface area contributed by atoms with E-state index in [2.05, 4.69) is 0 Å². The van der Waals surface area contributed by atoms with Crippen LogP contribution in [0.25, 0.3) is 0 Å². The van der Waals surface area contributed by atoms with Crippen LogP contribution < -0.4 is 52.5 Å². The van der Waals surface area contributed by atoms with Crippen LogP contribution in [0.2, 0.25) is 0 Å². The third-order valence-electron chi connectivity index (χ3n) is 5.72. The minimum Gasteiger partial charge on any atom is -1.00 e. The van der Waals surface area contributed by atoms with Crippen molar-refractivity contribution in [2.24, 2.45) is 22.9 Å². The van der Waals surface area contributed by atoms with Gasteiger partial charge in [-0.05, 0) is 0 Å². The zero-order valence-electron chi connectivity index (χ0n) is 22.8. The van der Waals surface area contributed by atoms with E-state index in [0.717, 1.165) is 0 Å². The van der Waals surface area contributed by atoms with E-state index in [1.165, 1.54) is 0 Å². The molecule has 16 N–H and O–H groups in total. The smallest absolute Gasteiger partial charge is 1.00 e. The summed E-state index contributed by atoms with van der Waals surface area (Å²) >= 11 is 0. The van der Waals surface area contributed by atoms with Gasteiger partial charge in [0.1, 0.15) is 0 Å². The number of aliphatic carboxylic acids is 8. The van der Waals surface area contributed by atoms with Crippen molar-refractivity contribution in [3.05, 3.63) is 0 Å². The fourth-order valence-corrected chi connectivity index (χ4v) is 3.82. The average molecular weight is 608 g/mol. The van der Waals surface area contributed by atoms with Gasteiger partial charge >= 0.3 is 77.3 Å². The van der Waals surface area contributed by atoms with Crippen LogP contribution in [-0.2, 0) is 38.4 Å². The van der Waals surface area contributed by atoms with Gasteiger partial charge in [-0.3, -0.25) is 38.4 Å². The molecular weight excluding hydrogens is 575 g/mol. The maximum Gasteiger partial charge on any atom is 1.00 e. The molecule has 0 atom stereocenters. The SMILES string of the molecule is NC(CC(=O)O)(CC(=O)O)C(N)(CC(=O)O)CC(=O)O.NC(CC(=O)O)(CC(=O)O)C(N)(CC(=O)O)CC(=O)O.[H-].[Na+]. The number of rotatable bonds is 18. The van der Waals surface area contributed by atoms with Gasteiger partial charge in [0.2, 0.25) is 0 Å². The Morgan fingerprint density at radius 1 is 0.341 bits per heavy atom. The number of carboxylic acids is 8. The summed E-state index contributed by atoms with van der Waals surface area (Å²) in [7, 11) is 0. The molecule has 0 bridgehead atoms. The Morgan fingerprint density at radius 3 is 0.463 bits per heavy atom. The molecule has 0 amide bonds. The number of carboxylic acid groups (broad SMARTS) is 8. The van der Waals surface area contributed by atoms with E-state index in [4.69, 9.17) is 63.8 Å². The first-order valence-electron chi connectivity index (χ1n) is 10.7. The molecular formula is C20H33N4NaO16. The number of hydrogen-bond donors (Lipinski definition) is 12. The molecule has 0 spiro atoms. The van der Waals surface area contributed by atoms with Gasteiger partial charge in [0.25, 0.3) is 0 Å². The van der Waals surface area contributed by atoms with E-state index in [1.54, 1.807) is 0 Å². The van der Waals surface area contributed by atoms with Crippen LogP contribution in [0.4, 0.5) is 0 Å². The quantitative estimate of drug-likeness (QED) is 0.0643. The first kappa shape index (κ1) is 42.1. The third kappa shape index (κ3) is 14.7. The summed E-state index contributed by atoms with van der Waals surface area (Å²) in [6.07, 6.45) is -7.81. The predicted octanol–water partition coefficient (Wildman–Crippen LogP) is -6.32. The molecule has 0 rings (SSSR count). The Bertz CT molecular complexity index is 816. The van der Waals surface area contributed by atoms with Crippen molar-refractivity contribution in [2.75, 3.05) is 0 Å². The molecule has 0 aromatic rings. The zero-order valence-corrected chi connectivity index (χ0v) is 23.8. The van der Waals surface area contributed by atoms with E-state index in [9.17, 15) is 38.4 Å². The molecule has 21 heteroatoms. The van der Waals surface area contributed by atoms with Crippen LogP contribution in [0.15, 0.2) is 0 Å². The van der Waals surface area contributed by atoms with Crippen LogP contribution in [0.1, 0.15) is 52.8 Å². The summed E-state index contributed by atoms with van der Waals surface area (Å²) in [5.74, 6) is -12.1. The maximum absolute atomic E-state index is 10.8. The van der Waals surface area contributed by atoms with E-state index < -0.39 is 121 Å². The van der Waals surface area contributed by atoms with Gasteiger partial charge in [0.05, 0.1) is 73.5 Å². The minimum absolute atomic E-state index is 0. The van der Waals surface area contributed by atoms with E-state index >= 15 is 0 Å². The maximum atomic E-state index is 10.8. The fraction of sp³-hybridized carbons (Fsp3) is 0.600. The summed E-state index contributed by atoms with van der Waals surface area (Å²) in [4.78, 5) is 86.3. The number of hydrogen-bond acceptors (Lipinski definition) is 12. The molecule has 0 aliphatic carbocycles. The molecule has 0 aliphatic heterocycles. The van der Waals surface area contributed by atoms with Crippen LogP contribution >= 0.6 is 0 Å². The van der Waals surface area contributed by atoms with Crippen LogP contribution in [0.5, 0.6) is 0 Å². The molecule has 0 saturated heterocycles. The Morgan fingerprint density at radius 2 is 0.415 bits per heavy atom. The Kier molecular flexibility index (Phi) is 17.2. The van der Waals surface area contributed by atoms with Crippen molar-refractivity contribution < 1.29 is 110 Å². The van der Waals surface area contributed by atoms with Gasteiger partial charge in [-0.25, -0.2) is 0 Å². The molecule has 41 heavy (non-hydrogen) atoms. The van der Waals surface area contributed by atoms with Crippen molar-refractivity contribution in [3.8, 4) is 0 Å². The number of carbonyl (C=O) groups is 8. The molecule has 0 aliphatic rings. The van der Waals surface area contributed by atoms with Crippen molar-refractivity contribution in [1.82, 2.24) is 0 Å². The third-order valence-corrected chi connectivity index (χ3v) is 5.72. The molecule has 0 radical (unpaired) electrons. The van der Waals surface area contributed by atoms with E-state index in [1.807, 2.05) is 0 Å². The molecule has 0 saturated carbocycles.